The van der Waals surface area contributed by atoms with E-state index in [9.17, 15) is 23.4 Å². The van der Waals surface area contributed by atoms with Crippen LogP contribution in [0.5, 0.6) is 0 Å². The van der Waals surface area contributed by atoms with Gasteiger partial charge in [-0.3, -0.25) is 9.13 Å². The number of benzene rings is 2. The Hall–Kier alpha value is -5.77. The summed E-state index contributed by atoms with van der Waals surface area (Å²) in [6.45, 7) is 7.23. The smallest absolute Gasteiger partial charge is 0.224 e. The van der Waals surface area contributed by atoms with Crippen LogP contribution in [0.4, 0.5) is 57.1 Å². The number of hydrogen-bond donors (Lipinski definition) is 6. The van der Waals surface area contributed by atoms with Gasteiger partial charge in [-0.15, -0.1) is 0 Å². The van der Waals surface area contributed by atoms with Crippen molar-refractivity contribution in [2.24, 2.45) is 11.8 Å². The Morgan fingerprint density at radius 2 is 1.14 bits per heavy atom. The highest BCUT2D eigenvalue weighted by molar-refractivity contribution is 5.78. The third kappa shape index (κ3) is 9.74. The summed E-state index contributed by atoms with van der Waals surface area (Å²) < 4.78 is 90.6. The predicted octanol–water partition coefficient (Wildman–Crippen LogP) is 8.78. The van der Waals surface area contributed by atoms with Gasteiger partial charge in [-0.25, -0.2) is 41.9 Å². The van der Waals surface area contributed by atoms with Crippen LogP contribution >= 0.6 is 0 Å². The highest BCUT2D eigenvalue weighted by atomic mass is 19.2. The van der Waals surface area contributed by atoms with Crippen LogP contribution in [0.3, 0.4) is 0 Å². The molecule has 2 saturated carbocycles. The molecule has 4 aromatic heterocycles. The van der Waals surface area contributed by atoms with Gasteiger partial charge in [-0.1, -0.05) is 0 Å². The molecule has 10 rings (SSSR count). The number of hydrogen-bond acceptors (Lipinski definition) is 14. The number of anilines is 6. The van der Waals surface area contributed by atoms with Crippen molar-refractivity contribution < 1.29 is 41.6 Å². The number of nitrogens with one attached hydrogen (secondary N) is 4. The first kappa shape index (κ1) is 46.9. The first-order chi connectivity index (χ1) is 33.1. The minimum absolute atomic E-state index is 0.00877. The minimum atomic E-state index is -1.52. The van der Waals surface area contributed by atoms with E-state index in [4.69, 9.17) is 24.4 Å². The maximum Gasteiger partial charge on any atom is 0.224 e. The van der Waals surface area contributed by atoms with Crippen LogP contribution in [0.2, 0.25) is 0 Å². The van der Waals surface area contributed by atoms with Gasteiger partial charge in [0.05, 0.1) is 29.3 Å². The SMILES string of the molecule is CC(C)(O)C1CCC(Nc2ncc3nc(Nc4ccc(F)c(CC(C)(O)C5CCC(Nc6ncc7nc(Nc8c(F)cc(F)cc8F)n(C8CCOCC8)c7n6)C5)c4F)n(C4CCOCC4)c3n2)C1. The van der Waals surface area contributed by atoms with E-state index in [1.165, 1.54) is 18.3 Å². The summed E-state index contributed by atoms with van der Waals surface area (Å²) in [7, 11) is 0. The quantitative estimate of drug-likeness (QED) is 0.0567. The second-order valence-electron chi connectivity index (χ2n) is 19.9. The van der Waals surface area contributed by atoms with Gasteiger partial charge in [0, 0.05) is 74.7 Å². The monoisotopic (exact) mass is 960 g/mol. The zero-order chi connectivity index (χ0) is 48.2. The molecule has 4 aliphatic rings. The van der Waals surface area contributed by atoms with E-state index in [0.717, 1.165) is 19.3 Å². The zero-order valence-electron chi connectivity index (χ0n) is 38.7. The van der Waals surface area contributed by atoms with Crippen molar-refractivity contribution in [3.05, 3.63) is 71.3 Å². The third-order valence-electron chi connectivity index (χ3n) is 14.6. The van der Waals surface area contributed by atoms with Crippen LogP contribution in [0.25, 0.3) is 22.3 Å². The molecule has 368 valence electrons. The number of ether oxygens (including phenoxy) is 2. The van der Waals surface area contributed by atoms with Crippen molar-refractivity contribution in [2.75, 3.05) is 47.7 Å². The molecule has 0 spiro atoms. The lowest BCUT2D eigenvalue weighted by molar-refractivity contribution is 0.000180. The van der Waals surface area contributed by atoms with Crippen molar-refractivity contribution in [1.82, 2.24) is 39.0 Å². The van der Waals surface area contributed by atoms with Crippen LogP contribution < -0.4 is 21.3 Å². The van der Waals surface area contributed by atoms with Crippen LogP contribution in [0, 0.1) is 40.9 Å². The fourth-order valence-electron chi connectivity index (χ4n) is 10.7. The van der Waals surface area contributed by atoms with E-state index < -0.39 is 46.0 Å². The van der Waals surface area contributed by atoms with Crippen LogP contribution in [0.1, 0.15) is 103 Å². The molecule has 69 heavy (non-hydrogen) atoms. The molecular weight excluding hydrogens is 904 g/mol. The number of aliphatic hydroxyl groups is 2. The van der Waals surface area contributed by atoms with Gasteiger partial charge in [0.2, 0.25) is 23.8 Å². The van der Waals surface area contributed by atoms with Crippen LogP contribution in [0.15, 0.2) is 36.7 Å². The topological polar surface area (TPSA) is 194 Å². The molecule has 2 saturated heterocycles. The summed E-state index contributed by atoms with van der Waals surface area (Å²) in [6, 6.07) is 3.32. The summed E-state index contributed by atoms with van der Waals surface area (Å²) >= 11 is 0. The number of rotatable bonds is 14. The molecule has 21 heteroatoms. The van der Waals surface area contributed by atoms with Gasteiger partial charge in [0.1, 0.15) is 28.4 Å². The fourth-order valence-corrected chi connectivity index (χ4v) is 10.7. The largest absolute Gasteiger partial charge is 0.390 e. The number of halogens is 5. The standard InChI is InChI=1S/C48H57F5N12O4/c1-47(2,66)25-4-6-28(18-25)56-43-54-23-37-41(62-43)64(30-10-14-68-15-11-30)45(59-37)58-36-9-8-33(50)32(39(36)53)22-48(3,67)26-5-7-29(19-26)57-44-55-24-38-42(63-44)65(31-12-16-69-17-13-31)46(60-38)61-40-34(51)20-27(49)21-35(40)52/h8-9,20-21,23-26,28-31,66-67H,4-7,10-19,22H2,1-3H3,(H,58,59)(H,60,61)(H,54,56,62)(H,55,57,63). The number of imidazole rings is 2. The molecule has 0 radical (unpaired) electrons. The molecular formula is C48H57F5N12O4. The Morgan fingerprint density at radius 1 is 0.638 bits per heavy atom. The molecule has 2 aliphatic carbocycles. The van der Waals surface area contributed by atoms with Crippen LogP contribution in [-0.4, -0.2) is 99.0 Å². The fraction of sp³-hybridized carbons (Fsp3) is 0.542. The molecule has 0 amide bonds. The predicted molar refractivity (Wildman–Crippen MR) is 248 cm³/mol. The van der Waals surface area contributed by atoms with E-state index >= 15 is 8.78 Å². The normalized spacial score (nSPS) is 22.6. The van der Waals surface area contributed by atoms with Gasteiger partial charge in [-0.05, 0) is 109 Å². The average molecular weight is 961 g/mol. The maximum absolute atomic E-state index is 16.7. The Labute approximate surface area is 394 Å². The Kier molecular flexibility index (Phi) is 12.8. The van der Waals surface area contributed by atoms with Crippen molar-refractivity contribution in [2.45, 2.75) is 127 Å². The lowest BCUT2D eigenvalue weighted by atomic mass is 9.82. The summed E-state index contributed by atoms with van der Waals surface area (Å²) in [5.41, 5.74) is -1.30. The molecule has 6 N–H and O–H groups in total. The molecule has 4 fully saturated rings. The van der Waals surface area contributed by atoms with Gasteiger partial charge in [-0.2, -0.15) is 9.97 Å². The molecule has 2 aromatic carbocycles. The van der Waals surface area contributed by atoms with E-state index in [-0.39, 0.29) is 65.6 Å². The Balaban J connectivity index is 0.854. The van der Waals surface area contributed by atoms with E-state index in [2.05, 4.69) is 36.2 Å². The average Bonchev–Trinajstić information content (AvgIpc) is 4.13. The molecule has 0 bridgehead atoms. The highest BCUT2D eigenvalue weighted by Crippen LogP contribution is 2.41. The second-order valence-corrected chi connectivity index (χ2v) is 19.9. The van der Waals surface area contributed by atoms with Crippen molar-refractivity contribution in [3.63, 3.8) is 0 Å². The summed E-state index contributed by atoms with van der Waals surface area (Å²) in [4.78, 5) is 28.1. The van der Waals surface area contributed by atoms with Crippen molar-refractivity contribution in [3.8, 4) is 0 Å². The van der Waals surface area contributed by atoms with Gasteiger partial charge in [0.15, 0.2) is 28.7 Å². The van der Waals surface area contributed by atoms with Gasteiger partial charge in [0.25, 0.3) is 0 Å². The molecule has 5 atom stereocenters. The van der Waals surface area contributed by atoms with Crippen molar-refractivity contribution >= 4 is 57.5 Å². The summed E-state index contributed by atoms with van der Waals surface area (Å²) in [5, 5.41) is 35.3. The molecule has 6 heterocycles. The summed E-state index contributed by atoms with van der Waals surface area (Å²) in [5.74, 6) is -3.99. The first-order valence-electron chi connectivity index (χ1n) is 23.9. The first-order valence-corrected chi connectivity index (χ1v) is 23.9. The highest BCUT2D eigenvalue weighted by Gasteiger charge is 2.40. The molecule has 5 unspecified atom stereocenters. The molecule has 2 aliphatic heterocycles. The van der Waals surface area contributed by atoms with Gasteiger partial charge < -0.3 is 41.0 Å². The molecule has 16 nitrogen and oxygen atoms in total. The van der Waals surface area contributed by atoms with E-state index in [1.54, 1.807) is 17.7 Å². The second kappa shape index (κ2) is 18.9. The Bertz CT molecular complexity index is 2820. The van der Waals surface area contributed by atoms with E-state index in [1.807, 2.05) is 18.4 Å². The summed E-state index contributed by atoms with van der Waals surface area (Å²) in [6.07, 6.45) is 9.47. The number of nitrogens with zero attached hydrogens (tertiary/aromatic N) is 8. The van der Waals surface area contributed by atoms with E-state index in [0.29, 0.717) is 118 Å². The number of aromatic nitrogens is 8. The Morgan fingerprint density at radius 3 is 1.67 bits per heavy atom. The van der Waals surface area contributed by atoms with Crippen molar-refractivity contribution in [1.29, 1.82) is 0 Å². The lowest BCUT2D eigenvalue weighted by Gasteiger charge is -2.31. The lowest BCUT2D eigenvalue weighted by Crippen LogP contribution is -2.37. The van der Waals surface area contributed by atoms with Gasteiger partial charge >= 0.3 is 0 Å². The minimum Gasteiger partial charge on any atom is -0.390 e. The third-order valence-corrected chi connectivity index (χ3v) is 14.6. The van der Waals surface area contributed by atoms with Crippen LogP contribution in [-0.2, 0) is 15.9 Å². The number of fused-ring (bicyclic) bond motifs is 2. The molecule has 6 aromatic rings. The maximum atomic E-state index is 16.7. The zero-order valence-corrected chi connectivity index (χ0v) is 38.7.